The summed E-state index contributed by atoms with van der Waals surface area (Å²) < 4.78 is 19.2. The number of aryl methyl sites for hydroxylation is 1. The van der Waals surface area contributed by atoms with Crippen molar-refractivity contribution in [2.24, 2.45) is 0 Å². The van der Waals surface area contributed by atoms with Crippen LogP contribution in [0.5, 0.6) is 0 Å². The van der Waals surface area contributed by atoms with Gasteiger partial charge in [0.25, 0.3) is 5.91 Å². The summed E-state index contributed by atoms with van der Waals surface area (Å²) in [4.78, 5) is 28.9. The molecule has 0 aliphatic carbocycles. The lowest BCUT2D eigenvalue weighted by atomic mass is 10.1. The quantitative estimate of drug-likeness (QED) is 0.682. The van der Waals surface area contributed by atoms with Crippen LogP contribution in [0.2, 0.25) is 5.02 Å². The van der Waals surface area contributed by atoms with E-state index in [0.29, 0.717) is 53.4 Å². The fourth-order valence-corrected chi connectivity index (χ4v) is 3.79. The number of halogens is 2. The molecule has 1 fully saturated rings. The minimum Gasteiger partial charge on any atom is -0.451 e. The first-order chi connectivity index (χ1) is 14.4. The van der Waals surface area contributed by atoms with Crippen LogP contribution in [0.15, 0.2) is 46.9 Å². The third-order valence-corrected chi connectivity index (χ3v) is 5.60. The van der Waals surface area contributed by atoms with Gasteiger partial charge in [0.15, 0.2) is 5.76 Å². The summed E-state index contributed by atoms with van der Waals surface area (Å²) in [6.07, 6.45) is 0. The number of carbonyl (C=O) groups excluding carboxylic acids is 2. The van der Waals surface area contributed by atoms with Crippen molar-refractivity contribution in [2.75, 3.05) is 38.0 Å². The summed E-state index contributed by atoms with van der Waals surface area (Å²) in [5, 5.41) is 3.90. The maximum Gasteiger partial charge on any atom is 0.289 e. The molecule has 8 heteroatoms. The predicted octanol–water partition coefficient (Wildman–Crippen LogP) is 3.93. The molecule has 2 amide bonds. The summed E-state index contributed by atoms with van der Waals surface area (Å²) in [6.45, 7) is 4.06. The molecule has 1 aliphatic heterocycles. The van der Waals surface area contributed by atoms with Gasteiger partial charge in [0, 0.05) is 37.1 Å². The lowest BCUT2D eigenvalue weighted by Gasteiger charge is -2.34. The minimum absolute atomic E-state index is 0.155. The Bertz CT molecular complexity index is 1110. The molecular weight excluding hydrogens is 409 g/mol. The highest BCUT2D eigenvalue weighted by Crippen LogP contribution is 2.27. The summed E-state index contributed by atoms with van der Waals surface area (Å²) in [7, 11) is 0. The SMILES string of the molecule is Cc1c(C(=O)N2CCN(CC(=O)Nc3ccccc3Cl)CC2)oc2ccc(F)cc12. The molecular formula is C22H21ClFN3O3. The van der Waals surface area contributed by atoms with Gasteiger partial charge in [0.2, 0.25) is 5.91 Å². The standard InChI is InChI=1S/C22H21ClFN3O3/c1-14-16-12-15(24)6-7-19(16)30-21(14)22(29)27-10-8-26(9-11-27)13-20(28)25-18-5-3-2-4-17(18)23/h2-7,12H,8-11,13H2,1H3,(H,25,28). The number of nitrogens with one attached hydrogen (secondary N) is 1. The molecule has 1 aliphatic rings. The van der Waals surface area contributed by atoms with Crippen LogP contribution in [0.1, 0.15) is 16.1 Å². The first-order valence-corrected chi connectivity index (χ1v) is 10.0. The number of para-hydroxylation sites is 1. The van der Waals surface area contributed by atoms with Crippen molar-refractivity contribution in [3.8, 4) is 0 Å². The zero-order chi connectivity index (χ0) is 21.3. The maximum absolute atomic E-state index is 13.5. The number of carbonyl (C=O) groups is 2. The van der Waals surface area contributed by atoms with Gasteiger partial charge in [-0.05, 0) is 37.3 Å². The molecule has 0 unspecified atom stereocenters. The lowest BCUT2D eigenvalue weighted by molar-refractivity contribution is -0.117. The van der Waals surface area contributed by atoms with Gasteiger partial charge in [0.05, 0.1) is 17.3 Å². The highest BCUT2D eigenvalue weighted by molar-refractivity contribution is 6.33. The molecule has 0 saturated carbocycles. The third-order valence-electron chi connectivity index (χ3n) is 5.27. The number of hydrogen-bond acceptors (Lipinski definition) is 4. The van der Waals surface area contributed by atoms with Crippen LogP contribution >= 0.6 is 11.6 Å². The average molecular weight is 430 g/mol. The van der Waals surface area contributed by atoms with Gasteiger partial charge < -0.3 is 14.6 Å². The second kappa shape index (κ2) is 8.45. The number of amides is 2. The van der Waals surface area contributed by atoms with E-state index in [1.54, 1.807) is 36.1 Å². The zero-order valence-corrected chi connectivity index (χ0v) is 17.2. The molecule has 0 bridgehead atoms. The molecule has 156 valence electrons. The van der Waals surface area contributed by atoms with Crippen LogP contribution in [0.4, 0.5) is 10.1 Å². The number of benzene rings is 2. The molecule has 0 atom stereocenters. The first-order valence-electron chi connectivity index (χ1n) is 9.67. The Morgan fingerprint density at radius 1 is 1.13 bits per heavy atom. The number of hydrogen-bond donors (Lipinski definition) is 1. The van der Waals surface area contributed by atoms with E-state index in [-0.39, 0.29) is 29.9 Å². The first kappa shape index (κ1) is 20.4. The monoisotopic (exact) mass is 429 g/mol. The Hall–Kier alpha value is -2.90. The van der Waals surface area contributed by atoms with Gasteiger partial charge in [-0.3, -0.25) is 14.5 Å². The third kappa shape index (κ3) is 4.17. The van der Waals surface area contributed by atoms with Gasteiger partial charge in [-0.2, -0.15) is 0 Å². The van der Waals surface area contributed by atoms with Crippen molar-refractivity contribution in [3.63, 3.8) is 0 Å². The van der Waals surface area contributed by atoms with Crippen LogP contribution in [0.25, 0.3) is 11.0 Å². The largest absolute Gasteiger partial charge is 0.451 e. The van der Waals surface area contributed by atoms with Gasteiger partial charge >= 0.3 is 0 Å². The number of rotatable bonds is 4. The lowest BCUT2D eigenvalue weighted by Crippen LogP contribution is -2.50. The van der Waals surface area contributed by atoms with Gasteiger partial charge in [0.1, 0.15) is 11.4 Å². The van der Waals surface area contributed by atoms with Gasteiger partial charge in [-0.1, -0.05) is 23.7 Å². The van der Waals surface area contributed by atoms with Gasteiger partial charge in [-0.25, -0.2) is 4.39 Å². The smallest absolute Gasteiger partial charge is 0.289 e. The molecule has 0 spiro atoms. The molecule has 2 heterocycles. The Morgan fingerprint density at radius 3 is 2.60 bits per heavy atom. The molecule has 0 radical (unpaired) electrons. The number of piperazine rings is 1. The van der Waals surface area contributed by atoms with Crippen LogP contribution in [-0.2, 0) is 4.79 Å². The second-order valence-electron chi connectivity index (χ2n) is 7.29. The van der Waals surface area contributed by atoms with Crippen molar-refractivity contribution in [3.05, 3.63) is 64.6 Å². The highest BCUT2D eigenvalue weighted by Gasteiger charge is 2.27. The predicted molar refractivity (Wildman–Crippen MR) is 113 cm³/mol. The van der Waals surface area contributed by atoms with Crippen LogP contribution in [-0.4, -0.2) is 54.3 Å². The number of furan rings is 1. The second-order valence-corrected chi connectivity index (χ2v) is 7.70. The zero-order valence-electron chi connectivity index (χ0n) is 16.5. The van der Waals surface area contributed by atoms with E-state index < -0.39 is 0 Å². The van der Waals surface area contributed by atoms with Crippen LogP contribution < -0.4 is 5.32 Å². The van der Waals surface area contributed by atoms with E-state index >= 15 is 0 Å². The Kier molecular flexibility index (Phi) is 5.74. The van der Waals surface area contributed by atoms with Crippen LogP contribution in [0, 0.1) is 12.7 Å². The summed E-state index contributed by atoms with van der Waals surface area (Å²) in [5.41, 5.74) is 1.71. The number of fused-ring (bicyclic) bond motifs is 1. The topological polar surface area (TPSA) is 65.8 Å². The summed E-state index contributed by atoms with van der Waals surface area (Å²) >= 11 is 6.07. The van der Waals surface area contributed by atoms with E-state index in [1.807, 2.05) is 4.90 Å². The molecule has 1 saturated heterocycles. The molecule has 1 aromatic heterocycles. The van der Waals surface area contributed by atoms with Crippen molar-refractivity contribution >= 4 is 40.1 Å². The van der Waals surface area contributed by atoms with E-state index in [9.17, 15) is 14.0 Å². The normalized spacial score (nSPS) is 14.8. The minimum atomic E-state index is -0.367. The average Bonchev–Trinajstić information content (AvgIpc) is 3.06. The molecule has 30 heavy (non-hydrogen) atoms. The molecule has 4 rings (SSSR count). The Balaban J connectivity index is 1.35. The molecule has 2 aromatic carbocycles. The summed E-state index contributed by atoms with van der Waals surface area (Å²) in [5.74, 6) is -0.503. The van der Waals surface area contributed by atoms with Crippen LogP contribution in [0.3, 0.4) is 0 Å². The summed E-state index contributed by atoms with van der Waals surface area (Å²) in [6, 6.07) is 11.3. The van der Waals surface area contributed by atoms with Crippen molar-refractivity contribution in [1.29, 1.82) is 0 Å². The molecule has 3 aromatic rings. The van der Waals surface area contributed by atoms with E-state index in [1.165, 1.54) is 18.2 Å². The molecule has 6 nitrogen and oxygen atoms in total. The van der Waals surface area contributed by atoms with E-state index in [0.717, 1.165) is 0 Å². The Labute approximate surface area is 178 Å². The fourth-order valence-electron chi connectivity index (χ4n) is 3.61. The van der Waals surface area contributed by atoms with E-state index in [2.05, 4.69) is 5.32 Å². The fraction of sp³-hybridized carbons (Fsp3) is 0.273. The van der Waals surface area contributed by atoms with Gasteiger partial charge in [-0.15, -0.1) is 0 Å². The highest BCUT2D eigenvalue weighted by atomic mass is 35.5. The maximum atomic E-state index is 13.5. The Morgan fingerprint density at radius 2 is 1.87 bits per heavy atom. The molecule has 1 N–H and O–H groups in total. The van der Waals surface area contributed by atoms with Crippen molar-refractivity contribution < 1.29 is 18.4 Å². The number of anilines is 1. The van der Waals surface area contributed by atoms with Crippen molar-refractivity contribution in [2.45, 2.75) is 6.92 Å². The van der Waals surface area contributed by atoms with E-state index in [4.69, 9.17) is 16.0 Å². The number of nitrogens with zero attached hydrogens (tertiary/aromatic N) is 2. The van der Waals surface area contributed by atoms with Crippen molar-refractivity contribution in [1.82, 2.24) is 9.80 Å².